The molecular formula is C31H31ClN6O4. The van der Waals surface area contributed by atoms with Crippen molar-refractivity contribution in [1.82, 2.24) is 14.9 Å². The number of nitrogens with two attached hydrogens (primary N) is 2. The van der Waals surface area contributed by atoms with Crippen LogP contribution in [0.1, 0.15) is 32.8 Å². The molecule has 0 saturated heterocycles. The van der Waals surface area contributed by atoms with Gasteiger partial charge >= 0.3 is 0 Å². The number of carbonyl (C=O) groups is 1. The van der Waals surface area contributed by atoms with E-state index in [1.807, 2.05) is 42.5 Å². The monoisotopic (exact) mass is 586 g/mol. The Hall–Kier alpha value is -4.96. The minimum Gasteiger partial charge on any atom is -0.493 e. The quantitative estimate of drug-likeness (QED) is 0.192. The van der Waals surface area contributed by atoms with Crippen LogP contribution >= 0.6 is 11.6 Å². The molecule has 3 aromatic carbocycles. The highest BCUT2D eigenvalue weighted by Gasteiger charge is 2.21. The summed E-state index contributed by atoms with van der Waals surface area (Å²) in [6.07, 6.45) is 2.02. The van der Waals surface area contributed by atoms with E-state index >= 15 is 0 Å². The SMILES string of the molecule is COc1cc(Cc2cnc(N)nc2N)c2cc(CNc3cc(Cl)ccc3C(=O)N(C)Cc3ccccc3)oc2c1OC. The van der Waals surface area contributed by atoms with Crippen LogP contribution in [0.15, 0.2) is 71.3 Å². The third kappa shape index (κ3) is 6.03. The summed E-state index contributed by atoms with van der Waals surface area (Å²) in [4.78, 5) is 23.2. The molecule has 216 valence electrons. The van der Waals surface area contributed by atoms with Crippen molar-refractivity contribution in [3.05, 3.63) is 99.9 Å². The predicted molar refractivity (Wildman–Crippen MR) is 164 cm³/mol. The van der Waals surface area contributed by atoms with Crippen molar-refractivity contribution in [1.29, 1.82) is 0 Å². The van der Waals surface area contributed by atoms with Gasteiger partial charge in [-0.15, -0.1) is 0 Å². The van der Waals surface area contributed by atoms with Gasteiger partial charge in [0.05, 0.1) is 26.3 Å². The molecule has 0 radical (unpaired) electrons. The summed E-state index contributed by atoms with van der Waals surface area (Å²) in [5, 5.41) is 4.64. The zero-order valence-electron chi connectivity index (χ0n) is 23.5. The van der Waals surface area contributed by atoms with Crippen molar-refractivity contribution < 1.29 is 18.7 Å². The van der Waals surface area contributed by atoms with Gasteiger partial charge in [0.2, 0.25) is 11.7 Å². The molecule has 0 spiro atoms. The number of carbonyl (C=O) groups excluding carboxylic acids is 1. The average Bonchev–Trinajstić information content (AvgIpc) is 3.42. The van der Waals surface area contributed by atoms with E-state index in [0.29, 0.717) is 63.5 Å². The zero-order valence-corrected chi connectivity index (χ0v) is 24.2. The third-order valence-corrected chi connectivity index (χ3v) is 7.10. The number of halogens is 1. The largest absolute Gasteiger partial charge is 0.493 e. The fourth-order valence-corrected chi connectivity index (χ4v) is 4.96. The van der Waals surface area contributed by atoms with Gasteiger partial charge in [-0.2, -0.15) is 4.98 Å². The van der Waals surface area contributed by atoms with Crippen molar-refractivity contribution in [3.63, 3.8) is 0 Å². The number of ether oxygens (including phenoxy) is 2. The molecule has 0 aliphatic rings. The van der Waals surface area contributed by atoms with Crippen LogP contribution in [-0.4, -0.2) is 42.0 Å². The van der Waals surface area contributed by atoms with Gasteiger partial charge < -0.3 is 35.6 Å². The molecule has 5 N–H and O–H groups in total. The molecule has 0 bridgehead atoms. The van der Waals surface area contributed by atoms with E-state index in [1.165, 1.54) is 0 Å². The van der Waals surface area contributed by atoms with Crippen molar-refractivity contribution in [2.75, 3.05) is 38.1 Å². The third-order valence-electron chi connectivity index (χ3n) is 6.86. The van der Waals surface area contributed by atoms with Crippen LogP contribution in [0.5, 0.6) is 11.5 Å². The van der Waals surface area contributed by atoms with Gasteiger partial charge in [-0.3, -0.25) is 4.79 Å². The van der Waals surface area contributed by atoms with Crippen molar-refractivity contribution in [2.24, 2.45) is 0 Å². The number of aromatic nitrogens is 2. The lowest BCUT2D eigenvalue weighted by atomic mass is 10.0. The van der Waals surface area contributed by atoms with Crippen LogP contribution < -0.4 is 26.3 Å². The van der Waals surface area contributed by atoms with Crippen LogP contribution in [0, 0.1) is 0 Å². The van der Waals surface area contributed by atoms with E-state index in [4.69, 9.17) is 37.0 Å². The first-order valence-electron chi connectivity index (χ1n) is 13.1. The number of rotatable bonds is 10. The van der Waals surface area contributed by atoms with Gasteiger partial charge in [-0.1, -0.05) is 41.9 Å². The van der Waals surface area contributed by atoms with Gasteiger partial charge in [0.25, 0.3) is 5.91 Å². The van der Waals surface area contributed by atoms with Gasteiger partial charge in [0.15, 0.2) is 11.3 Å². The summed E-state index contributed by atoms with van der Waals surface area (Å²) < 4.78 is 17.5. The number of hydrogen-bond acceptors (Lipinski definition) is 9. The molecule has 0 aliphatic heterocycles. The lowest BCUT2D eigenvalue weighted by molar-refractivity contribution is 0.0786. The number of furan rings is 1. The molecule has 42 heavy (non-hydrogen) atoms. The van der Waals surface area contributed by atoms with Gasteiger partial charge in [-0.05, 0) is 41.5 Å². The predicted octanol–water partition coefficient (Wildman–Crippen LogP) is 5.53. The molecule has 10 nitrogen and oxygen atoms in total. The van der Waals surface area contributed by atoms with E-state index in [1.54, 1.807) is 50.6 Å². The number of amides is 1. The van der Waals surface area contributed by atoms with Crippen LogP contribution in [0.2, 0.25) is 5.02 Å². The summed E-state index contributed by atoms with van der Waals surface area (Å²) in [6, 6.07) is 18.8. The molecule has 1 amide bonds. The molecular weight excluding hydrogens is 556 g/mol. The number of nitrogens with one attached hydrogen (secondary N) is 1. The fourth-order valence-electron chi connectivity index (χ4n) is 4.78. The Morgan fingerprint density at radius 2 is 1.83 bits per heavy atom. The molecule has 11 heteroatoms. The minimum atomic E-state index is -0.139. The number of nitrogen functional groups attached to an aromatic ring is 2. The number of methoxy groups -OCH3 is 2. The smallest absolute Gasteiger partial charge is 0.255 e. The summed E-state index contributed by atoms with van der Waals surface area (Å²) >= 11 is 6.32. The zero-order chi connectivity index (χ0) is 29.8. The Kier molecular flexibility index (Phi) is 8.35. The van der Waals surface area contributed by atoms with Gasteiger partial charge in [0.1, 0.15) is 11.6 Å². The molecule has 2 heterocycles. The molecule has 5 rings (SSSR count). The molecule has 5 aromatic rings. The summed E-state index contributed by atoms with van der Waals surface area (Å²) in [7, 11) is 4.89. The Morgan fingerprint density at radius 3 is 2.55 bits per heavy atom. The summed E-state index contributed by atoms with van der Waals surface area (Å²) in [5.41, 5.74) is 16.0. The number of hydrogen-bond donors (Lipinski definition) is 3. The van der Waals surface area contributed by atoms with E-state index in [9.17, 15) is 4.79 Å². The second-order valence-electron chi connectivity index (χ2n) is 9.73. The first kappa shape index (κ1) is 28.6. The highest BCUT2D eigenvalue weighted by molar-refractivity contribution is 6.31. The van der Waals surface area contributed by atoms with Crippen molar-refractivity contribution >= 4 is 45.9 Å². The molecule has 0 atom stereocenters. The summed E-state index contributed by atoms with van der Waals surface area (Å²) in [6.45, 7) is 0.745. The number of anilines is 3. The average molecular weight is 587 g/mol. The highest BCUT2D eigenvalue weighted by Crippen LogP contribution is 2.41. The molecule has 0 saturated carbocycles. The second kappa shape index (κ2) is 12.3. The highest BCUT2D eigenvalue weighted by atomic mass is 35.5. The second-order valence-corrected chi connectivity index (χ2v) is 10.2. The summed E-state index contributed by atoms with van der Waals surface area (Å²) in [5.74, 6) is 1.84. The molecule has 0 aliphatic carbocycles. The van der Waals surface area contributed by atoms with E-state index in [2.05, 4.69) is 15.3 Å². The number of benzene rings is 3. The van der Waals surface area contributed by atoms with Gasteiger partial charge in [0, 0.05) is 47.9 Å². The molecule has 0 fully saturated rings. The van der Waals surface area contributed by atoms with Crippen molar-refractivity contribution in [2.45, 2.75) is 19.5 Å². The van der Waals surface area contributed by atoms with E-state index < -0.39 is 0 Å². The standard InChI is InChI=1S/C31H31ClN6O4/c1-38(17-18-7-5-4-6-8-18)30(39)23-10-9-21(32)13-25(23)35-16-22-14-24-19(11-20-15-36-31(34)37-29(20)33)12-26(40-2)28(41-3)27(24)42-22/h4-10,12-15,35H,11,16-17H2,1-3H3,(H4,33,34,36,37). The number of fused-ring (bicyclic) bond motifs is 1. The van der Waals surface area contributed by atoms with E-state index in [-0.39, 0.29) is 18.4 Å². The fraction of sp³-hybridized carbons (Fsp3) is 0.194. The maximum Gasteiger partial charge on any atom is 0.255 e. The Morgan fingerprint density at radius 1 is 1.05 bits per heavy atom. The first-order chi connectivity index (χ1) is 20.3. The maximum atomic E-state index is 13.4. The minimum absolute atomic E-state index is 0.107. The van der Waals surface area contributed by atoms with Crippen LogP contribution in [0.25, 0.3) is 11.0 Å². The van der Waals surface area contributed by atoms with Crippen LogP contribution in [-0.2, 0) is 19.5 Å². The van der Waals surface area contributed by atoms with Crippen LogP contribution in [0.3, 0.4) is 0 Å². The lowest BCUT2D eigenvalue weighted by Gasteiger charge is -2.20. The first-order valence-corrected chi connectivity index (χ1v) is 13.5. The molecule has 0 unspecified atom stereocenters. The maximum absolute atomic E-state index is 13.4. The topological polar surface area (TPSA) is 142 Å². The normalized spacial score (nSPS) is 11.0. The molecule has 2 aromatic heterocycles. The van der Waals surface area contributed by atoms with Gasteiger partial charge in [-0.25, -0.2) is 4.98 Å². The Balaban J connectivity index is 1.44. The Labute approximate surface area is 248 Å². The Bertz CT molecular complexity index is 1740. The number of nitrogens with zero attached hydrogens (tertiary/aromatic N) is 3. The van der Waals surface area contributed by atoms with E-state index in [0.717, 1.165) is 16.5 Å². The van der Waals surface area contributed by atoms with Crippen LogP contribution in [0.4, 0.5) is 17.5 Å². The lowest BCUT2D eigenvalue weighted by Crippen LogP contribution is -2.27. The van der Waals surface area contributed by atoms with Crippen molar-refractivity contribution in [3.8, 4) is 11.5 Å².